The number of esters is 1. The van der Waals surface area contributed by atoms with E-state index in [1.54, 1.807) is 52.7 Å². The van der Waals surface area contributed by atoms with Gasteiger partial charge in [-0.2, -0.15) is 0 Å². The Morgan fingerprint density at radius 1 is 1.07 bits per heavy atom. The van der Waals surface area contributed by atoms with Crippen molar-refractivity contribution in [1.29, 1.82) is 0 Å². The van der Waals surface area contributed by atoms with Crippen LogP contribution in [0.15, 0.2) is 24.3 Å². The standard InChI is InChI=1S/C34H48N2O9/c1-7-36-16-31(17-45-29(38)19-10-8-9-11-22(19)35-18(2)37)13-12-24(42-4)33-21-14-20-23(41-3)15-32(39,25(21)26(20)43-5)34(40,30(33)36)28(44-6)27(31)33/h8-11,20-21,23-28,30,39-40H,7,12-17H2,1-6H3,(H,35,37)/t20-,21?,23+,24+,25?,26+,27?,28+,30+,31+,32-,33?,34?/m1/s1. The molecule has 1 amide bonds. The Balaban J connectivity index is 1.37. The number of anilines is 1. The van der Waals surface area contributed by atoms with Gasteiger partial charge in [0, 0.05) is 76.9 Å². The second-order valence-electron chi connectivity index (χ2n) is 14.5. The summed E-state index contributed by atoms with van der Waals surface area (Å²) in [5, 5.41) is 29.2. The van der Waals surface area contributed by atoms with E-state index in [9.17, 15) is 19.8 Å². The minimum atomic E-state index is -1.66. The van der Waals surface area contributed by atoms with Crippen LogP contribution < -0.4 is 5.32 Å². The van der Waals surface area contributed by atoms with Crippen LogP contribution in [0.2, 0.25) is 0 Å². The van der Waals surface area contributed by atoms with E-state index in [0.29, 0.717) is 31.6 Å². The van der Waals surface area contributed by atoms with Crippen molar-refractivity contribution in [2.75, 3.05) is 53.5 Å². The normalized spacial score (nSPS) is 47.4. The Labute approximate surface area is 264 Å². The Kier molecular flexibility index (Phi) is 7.48. The number of amides is 1. The quantitative estimate of drug-likeness (QED) is 0.349. The largest absolute Gasteiger partial charge is 0.461 e. The number of aliphatic hydroxyl groups is 2. The number of methoxy groups -OCH3 is 4. The van der Waals surface area contributed by atoms with E-state index in [2.05, 4.69) is 17.1 Å². The van der Waals surface area contributed by atoms with Crippen molar-refractivity contribution in [3.05, 3.63) is 29.8 Å². The third-order valence-corrected chi connectivity index (χ3v) is 13.3. The van der Waals surface area contributed by atoms with E-state index in [1.807, 2.05) is 0 Å². The van der Waals surface area contributed by atoms with Gasteiger partial charge in [-0.25, -0.2) is 4.79 Å². The van der Waals surface area contributed by atoms with Gasteiger partial charge in [-0.1, -0.05) is 19.1 Å². The lowest BCUT2D eigenvalue weighted by atomic mass is 9.42. The molecule has 0 aromatic heterocycles. The first-order valence-electron chi connectivity index (χ1n) is 16.4. The zero-order valence-electron chi connectivity index (χ0n) is 27.2. The number of para-hydroxylation sites is 1. The van der Waals surface area contributed by atoms with Gasteiger partial charge in [0.25, 0.3) is 0 Å². The second-order valence-corrected chi connectivity index (χ2v) is 14.5. The van der Waals surface area contributed by atoms with E-state index in [1.165, 1.54) is 6.92 Å². The molecule has 3 N–H and O–H groups in total. The average Bonchev–Trinajstić information content (AvgIpc) is 3.45. The summed E-state index contributed by atoms with van der Waals surface area (Å²) >= 11 is 0. The number of hydrogen-bond donors (Lipinski definition) is 3. The highest BCUT2D eigenvalue weighted by atomic mass is 16.5. The number of carbonyl (C=O) groups is 2. The molecule has 5 aliphatic carbocycles. The van der Waals surface area contributed by atoms with E-state index >= 15 is 0 Å². The fraction of sp³-hybridized carbons (Fsp3) is 0.765. The van der Waals surface area contributed by atoms with Gasteiger partial charge in [-0.15, -0.1) is 0 Å². The monoisotopic (exact) mass is 628 g/mol. The van der Waals surface area contributed by atoms with E-state index in [0.717, 1.165) is 12.8 Å². The van der Waals surface area contributed by atoms with E-state index in [-0.39, 0.29) is 60.1 Å². The topological polar surface area (TPSA) is 136 Å². The first-order valence-corrected chi connectivity index (χ1v) is 16.4. The average molecular weight is 629 g/mol. The van der Waals surface area contributed by atoms with Gasteiger partial charge in [-0.05, 0) is 43.9 Å². The summed E-state index contributed by atoms with van der Waals surface area (Å²) in [6.07, 6.45) is 0.993. The molecule has 1 saturated heterocycles. The number of ether oxygens (including phenoxy) is 5. The highest BCUT2D eigenvalue weighted by Crippen LogP contribution is 2.80. The van der Waals surface area contributed by atoms with Crippen LogP contribution in [0.5, 0.6) is 0 Å². The number of hydrogen-bond acceptors (Lipinski definition) is 10. The Hall–Kier alpha value is -2.12. The molecule has 1 heterocycles. The SMILES string of the molecule is CCN1C[C@]2(COC(=O)c3ccccc3NC(C)=O)CC[C@H](OC)C34C5C[C@@H]6[C@@H](OC)C[C@@](O)(C5[C@H]6OC)C(O)([C@@H](OC)C32)[C@@H]14. The summed E-state index contributed by atoms with van der Waals surface area (Å²) in [5.41, 5.74) is -3.68. The van der Waals surface area contributed by atoms with Crippen LogP contribution in [0, 0.1) is 34.5 Å². The van der Waals surface area contributed by atoms with Crippen LogP contribution in [0.4, 0.5) is 5.69 Å². The number of fused-ring (bicyclic) bond motifs is 2. The zero-order chi connectivity index (χ0) is 32.1. The molecule has 45 heavy (non-hydrogen) atoms. The predicted molar refractivity (Wildman–Crippen MR) is 162 cm³/mol. The van der Waals surface area contributed by atoms with Crippen LogP contribution in [-0.4, -0.2) is 117 Å². The number of nitrogens with one attached hydrogen (secondary N) is 1. The number of rotatable bonds is 9. The Bertz CT molecular complexity index is 1360. The van der Waals surface area contributed by atoms with Crippen molar-refractivity contribution in [3.8, 4) is 0 Å². The molecule has 0 radical (unpaired) electrons. The smallest absolute Gasteiger partial charge is 0.340 e. The van der Waals surface area contributed by atoms with Crippen molar-refractivity contribution in [2.45, 2.75) is 81.2 Å². The van der Waals surface area contributed by atoms with Crippen molar-refractivity contribution in [2.24, 2.45) is 34.5 Å². The van der Waals surface area contributed by atoms with E-state index < -0.39 is 40.1 Å². The number of piperidine rings is 1. The number of carbonyl (C=O) groups excluding carboxylic acids is 2. The molecule has 1 aliphatic heterocycles. The van der Waals surface area contributed by atoms with Crippen LogP contribution >= 0.6 is 0 Å². The van der Waals surface area contributed by atoms with Crippen molar-refractivity contribution in [1.82, 2.24) is 4.90 Å². The highest BCUT2D eigenvalue weighted by Gasteiger charge is 2.91. The minimum Gasteiger partial charge on any atom is -0.461 e. The van der Waals surface area contributed by atoms with Gasteiger partial charge in [-0.3, -0.25) is 9.69 Å². The Morgan fingerprint density at radius 2 is 1.82 bits per heavy atom. The van der Waals surface area contributed by atoms with Gasteiger partial charge in [0.05, 0.1) is 48.3 Å². The summed E-state index contributed by atoms with van der Waals surface area (Å²) in [6.45, 7) is 4.81. The lowest BCUT2D eigenvalue weighted by Crippen LogP contribution is -2.82. The van der Waals surface area contributed by atoms with Crippen molar-refractivity contribution >= 4 is 17.6 Å². The maximum Gasteiger partial charge on any atom is 0.340 e. The number of likely N-dealkylation sites (N-methyl/N-ethyl adjacent to an activating group) is 1. The molecule has 248 valence electrons. The third-order valence-electron chi connectivity index (χ3n) is 13.3. The fourth-order valence-corrected chi connectivity index (χ4v) is 12.2. The molecule has 6 aliphatic rings. The first-order chi connectivity index (χ1) is 21.5. The minimum absolute atomic E-state index is 0.0387. The summed E-state index contributed by atoms with van der Waals surface area (Å²) in [6, 6.07) is 6.41. The van der Waals surface area contributed by atoms with Gasteiger partial charge in [0.1, 0.15) is 11.2 Å². The summed E-state index contributed by atoms with van der Waals surface area (Å²) in [5.74, 6) is -1.36. The third kappa shape index (κ3) is 3.72. The number of nitrogens with zero attached hydrogens (tertiary/aromatic N) is 1. The second kappa shape index (κ2) is 10.7. The molecule has 7 rings (SSSR count). The van der Waals surface area contributed by atoms with Crippen molar-refractivity contribution in [3.63, 3.8) is 0 Å². The van der Waals surface area contributed by atoms with Crippen LogP contribution in [0.25, 0.3) is 0 Å². The van der Waals surface area contributed by atoms with E-state index in [4.69, 9.17) is 23.7 Å². The molecular formula is C34H48N2O9. The highest BCUT2D eigenvalue weighted by molar-refractivity contribution is 6.00. The molecule has 5 saturated carbocycles. The van der Waals surface area contributed by atoms with Gasteiger partial charge >= 0.3 is 5.97 Å². The fourth-order valence-electron chi connectivity index (χ4n) is 12.2. The van der Waals surface area contributed by atoms with Gasteiger partial charge < -0.3 is 39.2 Å². The molecule has 13 atom stereocenters. The maximum absolute atomic E-state index is 13.7. The molecule has 1 aromatic rings. The number of benzene rings is 1. The van der Waals surface area contributed by atoms with Crippen molar-refractivity contribution < 1.29 is 43.5 Å². The zero-order valence-corrected chi connectivity index (χ0v) is 27.2. The molecule has 7 bridgehead atoms. The van der Waals surface area contributed by atoms with Gasteiger partial charge in [0.15, 0.2) is 0 Å². The van der Waals surface area contributed by atoms with Crippen LogP contribution in [0.3, 0.4) is 0 Å². The lowest BCUT2D eigenvalue weighted by Gasteiger charge is -2.70. The molecule has 1 aromatic carbocycles. The molecule has 11 nitrogen and oxygen atoms in total. The van der Waals surface area contributed by atoms with Crippen LogP contribution in [-0.2, 0) is 28.5 Å². The molecular weight excluding hydrogens is 580 g/mol. The summed E-state index contributed by atoms with van der Waals surface area (Å²) in [7, 11) is 6.75. The Morgan fingerprint density at radius 3 is 2.47 bits per heavy atom. The lowest BCUT2D eigenvalue weighted by molar-refractivity contribution is -0.320. The van der Waals surface area contributed by atoms with Gasteiger partial charge in [0.2, 0.25) is 5.91 Å². The van der Waals surface area contributed by atoms with Crippen LogP contribution in [0.1, 0.15) is 49.9 Å². The predicted octanol–water partition coefficient (Wildman–Crippen LogP) is 2.09. The molecule has 1 spiro atoms. The molecule has 11 heteroatoms. The number of likely N-dealkylation sites (tertiary alicyclic amines) is 1. The summed E-state index contributed by atoms with van der Waals surface area (Å²) < 4.78 is 31.2. The first kappa shape index (κ1) is 31.5. The molecule has 5 unspecified atom stereocenters. The molecule has 6 fully saturated rings. The maximum atomic E-state index is 13.7. The summed E-state index contributed by atoms with van der Waals surface area (Å²) in [4.78, 5) is 27.9.